The van der Waals surface area contributed by atoms with Crippen molar-refractivity contribution in [3.05, 3.63) is 40.9 Å². The molecule has 0 saturated carbocycles. The number of halogens is 1. The first-order chi connectivity index (χ1) is 9.89. The number of nitrogens with zero attached hydrogens (tertiary/aromatic N) is 1. The van der Waals surface area contributed by atoms with Gasteiger partial charge in [0.25, 0.3) is 0 Å². The van der Waals surface area contributed by atoms with Crippen LogP contribution in [-0.4, -0.2) is 45.4 Å². The normalized spacial score (nSPS) is 17.7. The van der Waals surface area contributed by atoms with E-state index in [2.05, 4.69) is 19.9 Å². The second kappa shape index (κ2) is 6.92. The van der Waals surface area contributed by atoms with Crippen LogP contribution in [0.25, 0.3) is 0 Å². The molecule has 0 spiro atoms. The van der Waals surface area contributed by atoms with Crippen LogP contribution in [0.1, 0.15) is 13.8 Å². The van der Waals surface area contributed by atoms with Crippen molar-refractivity contribution in [2.75, 3.05) is 32.7 Å². The Morgan fingerprint density at radius 1 is 1.24 bits per heavy atom. The molecule has 1 aliphatic heterocycles. The molecule has 0 radical (unpaired) electrons. The molecule has 4 nitrogen and oxygen atoms in total. The number of piperazine rings is 1. The Bertz CT molecular complexity index is 599. The van der Waals surface area contributed by atoms with Gasteiger partial charge in [-0.15, -0.1) is 0 Å². The number of allylic oxidation sites excluding steroid dienone is 1. The van der Waals surface area contributed by atoms with E-state index in [0.29, 0.717) is 23.0 Å². The highest BCUT2D eigenvalue weighted by atomic mass is 35.5. The molecule has 1 heterocycles. The fourth-order valence-corrected chi connectivity index (χ4v) is 3.92. The minimum atomic E-state index is -3.39. The molecule has 0 aromatic heterocycles. The third-order valence-corrected chi connectivity index (χ3v) is 5.84. The Balaban J connectivity index is 2.01. The highest BCUT2D eigenvalue weighted by molar-refractivity contribution is 7.89. The van der Waals surface area contributed by atoms with Crippen molar-refractivity contribution < 1.29 is 13.3 Å². The Kier molecular flexibility index (Phi) is 5.43. The largest absolute Gasteiger partial charge is 0.329 e. The van der Waals surface area contributed by atoms with Crippen molar-refractivity contribution in [3.8, 4) is 0 Å². The van der Waals surface area contributed by atoms with Gasteiger partial charge in [-0.05, 0) is 44.2 Å². The van der Waals surface area contributed by atoms with Crippen molar-refractivity contribution in [1.82, 2.24) is 4.31 Å². The summed E-state index contributed by atoms with van der Waals surface area (Å²) in [6.45, 7) is 7.96. The minimum absolute atomic E-state index is 0.319. The van der Waals surface area contributed by atoms with Crippen LogP contribution >= 0.6 is 11.6 Å². The highest BCUT2D eigenvalue weighted by Gasteiger charge is 2.29. The number of sulfonamides is 1. The topological polar surface area (TPSA) is 41.8 Å². The van der Waals surface area contributed by atoms with E-state index >= 15 is 0 Å². The summed E-state index contributed by atoms with van der Waals surface area (Å²) >= 11 is 5.81. The van der Waals surface area contributed by atoms with E-state index in [1.165, 1.54) is 10.5 Å². The predicted octanol–water partition coefficient (Wildman–Crippen LogP) is 1.20. The molecule has 116 valence electrons. The van der Waals surface area contributed by atoms with Crippen molar-refractivity contribution in [3.63, 3.8) is 0 Å². The maximum atomic E-state index is 12.5. The Hall–Kier alpha value is -0.880. The van der Waals surface area contributed by atoms with Gasteiger partial charge < -0.3 is 4.90 Å². The zero-order valence-electron chi connectivity index (χ0n) is 12.5. The predicted molar refractivity (Wildman–Crippen MR) is 85.2 cm³/mol. The number of quaternary nitrogens is 1. The Morgan fingerprint density at radius 3 is 2.33 bits per heavy atom. The van der Waals surface area contributed by atoms with Gasteiger partial charge in [0.2, 0.25) is 10.0 Å². The summed E-state index contributed by atoms with van der Waals surface area (Å²) in [4.78, 5) is 1.75. The van der Waals surface area contributed by atoms with Gasteiger partial charge >= 0.3 is 0 Å². The summed E-state index contributed by atoms with van der Waals surface area (Å²) in [5, 5.41) is 0.546. The molecular weight excluding hydrogens is 308 g/mol. The van der Waals surface area contributed by atoms with Crippen LogP contribution in [0.5, 0.6) is 0 Å². The lowest BCUT2D eigenvalue weighted by Crippen LogP contribution is -3.14. The Morgan fingerprint density at radius 2 is 1.81 bits per heavy atom. The van der Waals surface area contributed by atoms with Gasteiger partial charge in [0.05, 0.1) is 37.6 Å². The van der Waals surface area contributed by atoms with Crippen LogP contribution in [-0.2, 0) is 10.0 Å². The lowest BCUT2D eigenvalue weighted by atomic mass is 10.3. The molecule has 1 fully saturated rings. The maximum Gasteiger partial charge on any atom is 0.243 e. The van der Waals surface area contributed by atoms with Crippen LogP contribution in [0.3, 0.4) is 0 Å². The summed E-state index contributed by atoms with van der Waals surface area (Å²) in [6, 6.07) is 6.37. The van der Waals surface area contributed by atoms with Crippen LogP contribution in [0.4, 0.5) is 0 Å². The lowest BCUT2D eigenvalue weighted by molar-refractivity contribution is -0.897. The summed E-state index contributed by atoms with van der Waals surface area (Å²) in [6.07, 6.45) is 2.21. The molecule has 21 heavy (non-hydrogen) atoms. The van der Waals surface area contributed by atoms with E-state index in [0.717, 1.165) is 19.6 Å². The monoisotopic (exact) mass is 329 g/mol. The van der Waals surface area contributed by atoms with E-state index < -0.39 is 10.0 Å². The molecular formula is C15H22ClN2O2S+. The molecule has 0 aliphatic carbocycles. The first-order valence-corrected chi connectivity index (χ1v) is 8.94. The maximum absolute atomic E-state index is 12.5. The summed E-state index contributed by atoms with van der Waals surface area (Å²) in [5.41, 5.74) is 1.30. The van der Waals surface area contributed by atoms with Gasteiger partial charge in [-0.2, -0.15) is 4.31 Å². The second-order valence-corrected chi connectivity index (χ2v) is 7.97. The minimum Gasteiger partial charge on any atom is -0.329 e. The van der Waals surface area contributed by atoms with Crippen molar-refractivity contribution in [2.24, 2.45) is 0 Å². The number of rotatable bonds is 4. The van der Waals surface area contributed by atoms with Crippen LogP contribution < -0.4 is 4.90 Å². The third kappa shape index (κ3) is 4.30. The standard InChI is InChI=1S/C15H21ClN2O2S/c1-13(2)7-8-17-9-11-18(12-10-17)21(19,20)15-5-3-14(16)4-6-15/h3-7H,8-12H2,1-2H3/p+1. The first kappa shape index (κ1) is 16.5. The zero-order chi connectivity index (χ0) is 15.5. The fourth-order valence-electron chi connectivity index (χ4n) is 2.35. The van der Waals surface area contributed by atoms with Gasteiger partial charge in [0.15, 0.2) is 0 Å². The number of hydrogen-bond acceptors (Lipinski definition) is 2. The third-order valence-electron chi connectivity index (χ3n) is 3.68. The highest BCUT2D eigenvalue weighted by Crippen LogP contribution is 2.18. The number of benzene rings is 1. The molecule has 0 atom stereocenters. The summed E-state index contributed by atoms with van der Waals surface area (Å²) < 4.78 is 26.6. The SMILES string of the molecule is CC(C)=CC[NH+]1CCN(S(=O)(=O)c2ccc(Cl)cc2)CC1. The van der Waals surface area contributed by atoms with Crippen LogP contribution in [0.2, 0.25) is 5.02 Å². The summed E-state index contributed by atoms with van der Waals surface area (Å²) in [7, 11) is -3.39. The fraction of sp³-hybridized carbons (Fsp3) is 0.467. The van der Waals surface area contributed by atoms with E-state index in [9.17, 15) is 8.42 Å². The molecule has 6 heteroatoms. The quantitative estimate of drug-likeness (QED) is 0.843. The van der Waals surface area contributed by atoms with E-state index in [1.807, 2.05) is 0 Å². The zero-order valence-corrected chi connectivity index (χ0v) is 14.0. The molecule has 1 N–H and O–H groups in total. The number of nitrogens with one attached hydrogen (secondary N) is 1. The number of hydrogen-bond donors (Lipinski definition) is 1. The van der Waals surface area contributed by atoms with Gasteiger partial charge in [0, 0.05) is 5.02 Å². The Labute approximate surface area is 132 Å². The van der Waals surface area contributed by atoms with Crippen molar-refractivity contribution >= 4 is 21.6 Å². The molecule has 1 aromatic carbocycles. The molecule has 0 bridgehead atoms. The smallest absolute Gasteiger partial charge is 0.243 e. The van der Waals surface area contributed by atoms with Gasteiger partial charge in [-0.1, -0.05) is 17.2 Å². The first-order valence-electron chi connectivity index (χ1n) is 7.12. The molecule has 1 aliphatic rings. The van der Waals surface area contributed by atoms with E-state index in [4.69, 9.17) is 11.6 Å². The van der Waals surface area contributed by atoms with Crippen LogP contribution in [0, 0.1) is 0 Å². The molecule has 0 amide bonds. The van der Waals surface area contributed by atoms with E-state index in [1.54, 1.807) is 28.6 Å². The average Bonchev–Trinajstić information content (AvgIpc) is 2.46. The molecule has 1 saturated heterocycles. The lowest BCUT2D eigenvalue weighted by Gasteiger charge is -2.31. The molecule has 1 aromatic rings. The summed E-state index contributed by atoms with van der Waals surface area (Å²) in [5.74, 6) is 0. The average molecular weight is 330 g/mol. The second-order valence-electron chi connectivity index (χ2n) is 5.59. The van der Waals surface area contributed by atoms with Gasteiger partial charge in [-0.25, -0.2) is 8.42 Å². The van der Waals surface area contributed by atoms with Crippen molar-refractivity contribution in [2.45, 2.75) is 18.7 Å². The van der Waals surface area contributed by atoms with E-state index in [-0.39, 0.29) is 0 Å². The van der Waals surface area contributed by atoms with Crippen LogP contribution in [0.15, 0.2) is 40.8 Å². The molecule has 2 rings (SSSR count). The molecule has 0 unspecified atom stereocenters. The van der Waals surface area contributed by atoms with Gasteiger partial charge in [-0.3, -0.25) is 0 Å². The van der Waals surface area contributed by atoms with Crippen molar-refractivity contribution in [1.29, 1.82) is 0 Å². The van der Waals surface area contributed by atoms with Gasteiger partial charge in [0.1, 0.15) is 0 Å².